The number of ether oxygens (including phenoxy) is 3. The average molecular weight is 318 g/mol. The fourth-order valence-corrected chi connectivity index (χ4v) is 2.83. The van der Waals surface area contributed by atoms with Gasteiger partial charge in [0.2, 0.25) is 0 Å². The van der Waals surface area contributed by atoms with Crippen LogP contribution in [0.2, 0.25) is 0 Å². The SMILES string of the molecule is CCc1cc(=O)oc2cc(C)cc(OCCC3OCCCO3)c12. The predicted molar refractivity (Wildman–Crippen MR) is 87.0 cm³/mol. The zero-order valence-electron chi connectivity index (χ0n) is 13.6. The standard InChI is InChI=1S/C18H22O5/c1-3-13-11-16(19)23-15-10-12(2)9-14(18(13)15)20-8-5-17-21-6-4-7-22-17/h9-11,17H,3-8H2,1-2H3. The normalized spacial score (nSPS) is 15.9. The monoisotopic (exact) mass is 318 g/mol. The second-order valence-electron chi connectivity index (χ2n) is 5.74. The van der Waals surface area contributed by atoms with Crippen molar-refractivity contribution in [2.75, 3.05) is 19.8 Å². The van der Waals surface area contributed by atoms with Crippen molar-refractivity contribution in [3.05, 3.63) is 39.7 Å². The van der Waals surface area contributed by atoms with Crippen LogP contribution in [0, 0.1) is 6.92 Å². The zero-order valence-corrected chi connectivity index (χ0v) is 13.6. The summed E-state index contributed by atoms with van der Waals surface area (Å²) in [6.07, 6.45) is 2.17. The van der Waals surface area contributed by atoms with Gasteiger partial charge in [-0.2, -0.15) is 0 Å². The average Bonchev–Trinajstić information content (AvgIpc) is 2.54. The molecule has 5 heteroatoms. The van der Waals surface area contributed by atoms with Crippen LogP contribution in [0.5, 0.6) is 5.75 Å². The molecule has 1 aromatic carbocycles. The van der Waals surface area contributed by atoms with E-state index < -0.39 is 0 Å². The zero-order chi connectivity index (χ0) is 16.2. The lowest BCUT2D eigenvalue weighted by Crippen LogP contribution is -2.26. The molecule has 0 N–H and O–H groups in total. The maximum Gasteiger partial charge on any atom is 0.336 e. The molecule has 0 aliphatic carbocycles. The minimum absolute atomic E-state index is 0.191. The van der Waals surface area contributed by atoms with Gasteiger partial charge in [-0.3, -0.25) is 0 Å². The lowest BCUT2D eigenvalue weighted by molar-refractivity contribution is -0.183. The molecular weight excluding hydrogens is 296 g/mol. The number of benzene rings is 1. The summed E-state index contributed by atoms with van der Waals surface area (Å²) in [7, 11) is 0. The van der Waals surface area contributed by atoms with Gasteiger partial charge in [0, 0.05) is 12.5 Å². The van der Waals surface area contributed by atoms with Gasteiger partial charge in [-0.1, -0.05) is 6.92 Å². The smallest absolute Gasteiger partial charge is 0.336 e. The van der Waals surface area contributed by atoms with Crippen LogP contribution in [-0.2, 0) is 15.9 Å². The number of hydrogen-bond acceptors (Lipinski definition) is 5. The topological polar surface area (TPSA) is 57.9 Å². The third-order valence-corrected chi connectivity index (χ3v) is 3.92. The molecule has 0 radical (unpaired) electrons. The van der Waals surface area contributed by atoms with Crippen LogP contribution in [0.1, 0.15) is 30.9 Å². The van der Waals surface area contributed by atoms with Gasteiger partial charge in [0.05, 0.1) is 25.2 Å². The maximum absolute atomic E-state index is 11.7. The van der Waals surface area contributed by atoms with Gasteiger partial charge < -0.3 is 18.6 Å². The third kappa shape index (κ3) is 3.74. The molecule has 1 aliphatic heterocycles. The Balaban J connectivity index is 1.82. The molecule has 23 heavy (non-hydrogen) atoms. The highest BCUT2D eigenvalue weighted by atomic mass is 16.7. The van der Waals surface area contributed by atoms with Crippen molar-refractivity contribution < 1.29 is 18.6 Å². The third-order valence-electron chi connectivity index (χ3n) is 3.92. The molecule has 1 fully saturated rings. The molecule has 5 nitrogen and oxygen atoms in total. The first kappa shape index (κ1) is 16.0. The van der Waals surface area contributed by atoms with Gasteiger partial charge in [-0.05, 0) is 43.0 Å². The van der Waals surface area contributed by atoms with E-state index in [1.54, 1.807) is 0 Å². The number of aryl methyl sites for hydroxylation is 2. The Bertz CT molecular complexity index is 728. The summed E-state index contributed by atoms with van der Waals surface area (Å²) in [5.41, 5.74) is 2.19. The summed E-state index contributed by atoms with van der Waals surface area (Å²) in [6.45, 7) is 5.94. The Morgan fingerprint density at radius 2 is 2.00 bits per heavy atom. The summed E-state index contributed by atoms with van der Waals surface area (Å²) >= 11 is 0. The van der Waals surface area contributed by atoms with Gasteiger partial charge in [-0.25, -0.2) is 4.79 Å². The molecule has 0 atom stereocenters. The number of rotatable bonds is 5. The molecule has 0 spiro atoms. The van der Waals surface area contributed by atoms with Gasteiger partial charge in [0.1, 0.15) is 11.3 Å². The van der Waals surface area contributed by atoms with E-state index in [-0.39, 0.29) is 11.9 Å². The highest BCUT2D eigenvalue weighted by Gasteiger charge is 2.16. The molecule has 0 saturated carbocycles. The molecule has 0 bridgehead atoms. The van der Waals surface area contributed by atoms with Gasteiger partial charge in [0.25, 0.3) is 0 Å². The predicted octanol–water partition coefficient (Wildman–Crippen LogP) is 3.20. The lowest BCUT2D eigenvalue weighted by Gasteiger charge is -2.23. The second-order valence-corrected chi connectivity index (χ2v) is 5.74. The Morgan fingerprint density at radius 3 is 2.74 bits per heavy atom. The van der Waals surface area contributed by atoms with Crippen LogP contribution >= 0.6 is 0 Å². The number of fused-ring (bicyclic) bond motifs is 1. The van der Waals surface area contributed by atoms with E-state index in [1.807, 2.05) is 26.0 Å². The first-order valence-electron chi connectivity index (χ1n) is 8.10. The van der Waals surface area contributed by atoms with Crippen molar-refractivity contribution in [1.82, 2.24) is 0 Å². The van der Waals surface area contributed by atoms with Crippen molar-refractivity contribution in [2.24, 2.45) is 0 Å². The molecule has 1 aliphatic rings. The van der Waals surface area contributed by atoms with Crippen LogP contribution in [0.4, 0.5) is 0 Å². The largest absolute Gasteiger partial charge is 0.493 e. The van der Waals surface area contributed by atoms with E-state index in [0.29, 0.717) is 18.6 Å². The highest BCUT2D eigenvalue weighted by molar-refractivity contribution is 5.87. The Morgan fingerprint density at radius 1 is 1.22 bits per heavy atom. The van der Waals surface area contributed by atoms with Crippen molar-refractivity contribution >= 4 is 11.0 Å². The van der Waals surface area contributed by atoms with Crippen LogP contribution in [0.3, 0.4) is 0 Å². The van der Waals surface area contributed by atoms with Crippen LogP contribution in [0.15, 0.2) is 27.4 Å². The summed E-state index contributed by atoms with van der Waals surface area (Å²) in [5.74, 6) is 0.747. The fourth-order valence-electron chi connectivity index (χ4n) is 2.83. The van der Waals surface area contributed by atoms with Crippen LogP contribution in [-0.4, -0.2) is 26.1 Å². The first-order chi connectivity index (χ1) is 11.2. The van der Waals surface area contributed by atoms with E-state index >= 15 is 0 Å². The molecular formula is C18H22O5. The quantitative estimate of drug-likeness (QED) is 0.792. The van der Waals surface area contributed by atoms with Crippen molar-refractivity contribution in [3.63, 3.8) is 0 Å². The van der Waals surface area contributed by atoms with Crippen molar-refractivity contribution in [2.45, 2.75) is 39.4 Å². The minimum atomic E-state index is -0.324. The molecule has 3 rings (SSSR count). The summed E-state index contributed by atoms with van der Waals surface area (Å²) in [5, 5.41) is 0.878. The van der Waals surface area contributed by atoms with Crippen molar-refractivity contribution in [3.8, 4) is 5.75 Å². The molecule has 1 saturated heterocycles. The molecule has 2 aromatic rings. The summed E-state index contributed by atoms with van der Waals surface area (Å²) in [6, 6.07) is 5.39. The molecule has 1 aromatic heterocycles. The summed E-state index contributed by atoms with van der Waals surface area (Å²) in [4.78, 5) is 11.7. The second kappa shape index (κ2) is 7.15. The van der Waals surface area contributed by atoms with Crippen molar-refractivity contribution in [1.29, 1.82) is 0 Å². The van der Waals surface area contributed by atoms with Crippen LogP contribution < -0.4 is 10.4 Å². The first-order valence-corrected chi connectivity index (χ1v) is 8.10. The number of hydrogen-bond donors (Lipinski definition) is 0. The molecule has 0 unspecified atom stereocenters. The highest BCUT2D eigenvalue weighted by Crippen LogP contribution is 2.30. The Kier molecular flexibility index (Phi) is 4.98. The van der Waals surface area contributed by atoms with E-state index in [9.17, 15) is 4.79 Å². The maximum atomic E-state index is 11.7. The van der Waals surface area contributed by atoms with Crippen LogP contribution in [0.25, 0.3) is 11.0 Å². The van der Waals surface area contributed by atoms with E-state index in [2.05, 4.69) is 0 Å². The van der Waals surface area contributed by atoms with Gasteiger partial charge in [0.15, 0.2) is 6.29 Å². The molecule has 124 valence electrons. The molecule has 0 amide bonds. The Labute approximate surface area is 135 Å². The van der Waals surface area contributed by atoms with E-state index in [4.69, 9.17) is 18.6 Å². The fraction of sp³-hybridized carbons (Fsp3) is 0.500. The van der Waals surface area contributed by atoms with E-state index in [1.165, 1.54) is 6.07 Å². The lowest BCUT2D eigenvalue weighted by atomic mass is 10.1. The molecule has 2 heterocycles. The van der Waals surface area contributed by atoms with Gasteiger partial charge in [-0.15, -0.1) is 0 Å². The Hall–Kier alpha value is -1.85. The summed E-state index contributed by atoms with van der Waals surface area (Å²) < 4.78 is 22.4. The minimum Gasteiger partial charge on any atom is -0.493 e. The van der Waals surface area contributed by atoms with E-state index in [0.717, 1.165) is 48.3 Å². The van der Waals surface area contributed by atoms with Gasteiger partial charge >= 0.3 is 5.63 Å².